The second-order valence-corrected chi connectivity index (χ2v) is 7.79. The van der Waals surface area contributed by atoms with Crippen molar-refractivity contribution < 1.29 is 13.2 Å². The molecule has 136 valence electrons. The molecular weight excluding hydrogens is 328 g/mol. The topological polar surface area (TPSA) is 91.8 Å². The Labute approximate surface area is 145 Å². The van der Waals surface area contributed by atoms with E-state index >= 15 is 0 Å². The van der Waals surface area contributed by atoms with E-state index in [4.69, 9.17) is 4.74 Å². The molecule has 0 spiro atoms. The van der Waals surface area contributed by atoms with Crippen molar-refractivity contribution in [2.75, 3.05) is 33.8 Å². The van der Waals surface area contributed by atoms with Crippen LogP contribution in [-0.2, 0) is 14.8 Å². The van der Waals surface area contributed by atoms with Crippen molar-refractivity contribution in [2.45, 2.75) is 31.3 Å². The molecule has 0 aliphatic rings. The third kappa shape index (κ3) is 6.86. The second-order valence-electron chi connectivity index (χ2n) is 6.03. The van der Waals surface area contributed by atoms with Gasteiger partial charge in [-0.1, -0.05) is 17.7 Å². The number of sulfonamides is 1. The third-order valence-electron chi connectivity index (χ3n) is 3.50. The first kappa shape index (κ1) is 20.4. The average Bonchev–Trinajstić information content (AvgIpc) is 2.54. The van der Waals surface area contributed by atoms with Gasteiger partial charge in [0, 0.05) is 33.8 Å². The number of hydrogen-bond acceptors (Lipinski definition) is 4. The maximum Gasteiger partial charge on any atom is 0.240 e. The summed E-state index contributed by atoms with van der Waals surface area (Å²) in [6, 6.07) is 6.74. The average molecular weight is 356 g/mol. The molecule has 0 radical (unpaired) electrons. The molecule has 0 aliphatic heterocycles. The van der Waals surface area contributed by atoms with Gasteiger partial charge in [0.25, 0.3) is 0 Å². The summed E-state index contributed by atoms with van der Waals surface area (Å²) < 4.78 is 32.2. The lowest BCUT2D eigenvalue weighted by Gasteiger charge is -2.24. The molecule has 8 heteroatoms. The van der Waals surface area contributed by atoms with Gasteiger partial charge in [0.2, 0.25) is 10.0 Å². The van der Waals surface area contributed by atoms with Crippen molar-refractivity contribution in [2.24, 2.45) is 4.99 Å². The summed E-state index contributed by atoms with van der Waals surface area (Å²) in [6.45, 7) is 7.09. The van der Waals surface area contributed by atoms with Gasteiger partial charge in [-0.15, -0.1) is 0 Å². The van der Waals surface area contributed by atoms with Crippen molar-refractivity contribution in [1.29, 1.82) is 0 Å². The Morgan fingerprint density at radius 1 is 1.17 bits per heavy atom. The summed E-state index contributed by atoms with van der Waals surface area (Å²) in [5.41, 5.74) is 0.703. The van der Waals surface area contributed by atoms with Gasteiger partial charge in [-0.2, -0.15) is 0 Å². The van der Waals surface area contributed by atoms with Gasteiger partial charge in [0.15, 0.2) is 5.96 Å². The zero-order valence-electron chi connectivity index (χ0n) is 15.0. The lowest BCUT2D eigenvalue weighted by Crippen LogP contribution is -2.46. The molecule has 0 bridgehead atoms. The number of nitrogens with one attached hydrogen (secondary N) is 3. The van der Waals surface area contributed by atoms with Crippen LogP contribution in [0.15, 0.2) is 34.2 Å². The second kappa shape index (κ2) is 9.00. The van der Waals surface area contributed by atoms with E-state index in [9.17, 15) is 8.42 Å². The van der Waals surface area contributed by atoms with Crippen LogP contribution in [0.4, 0.5) is 0 Å². The highest BCUT2D eigenvalue weighted by Gasteiger charge is 2.16. The van der Waals surface area contributed by atoms with Crippen LogP contribution >= 0.6 is 0 Å². The van der Waals surface area contributed by atoms with Gasteiger partial charge in [0.05, 0.1) is 10.5 Å². The Morgan fingerprint density at radius 3 is 2.33 bits per heavy atom. The highest BCUT2D eigenvalue weighted by atomic mass is 32.2. The molecule has 1 aromatic carbocycles. The molecule has 0 atom stereocenters. The molecule has 0 saturated carbocycles. The Morgan fingerprint density at radius 2 is 1.79 bits per heavy atom. The van der Waals surface area contributed by atoms with Crippen LogP contribution in [-0.4, -0.2) is 53.8 Å². The van der Waals surface area contributed by atoms with E-state index in [1.807, 2.05) is 20.8 Å². The van der Waals surface area contributed by atoms with Crippen LogP contribution in [0.3, 0.4) is 0 Å². The summed E-state index contributed by atoms with van der Waals surface area (Å²) in [6.07, 6.45) is 0. The quantitative estimate of drug-likeness (QED) is 0.365. The predicted octanol–water partition coefficient (Wildman–Crippen LogP) is 0.863. The standard InChI is InChI=1S/C16H28N4O3S/c1-13-6-8-14(9-7-13)24(21,22)20-11-10-18-15(17-4)19-12-16(2,3)23-5/h6-9,20H,10-12H2,1-5H3,(H2,17,18,19). The molecule has 24 heavy (non-hydrogen) atoms. The van der Waals surface area contributed by atoms with Crippen LogP contribution in [0.5, 0.6) is 0 Å². The largest absolute Gasteiger partial charge is 0.377 e. The number of aryl methyl sites for hydroxylation is 1. The van der Waals surface area contributed by atoms with E-state index in [1.54, 1.807) is 38.4 Å². The summed E-state index contributed by atoms with van der Waals surface area (Å²) >= 11 is 0. The van der Waals surface area contributed by atoms with Gasteiger partial charge in [-0.05, 0) is 32.9 Å². The lowest BCUT2D eigenvalue weighted by molar-refractivity contribution is 0.0268. The van der Waals surface area contributed by atoms with Crippen LogP contribution in [0.25, 0.3) is 0 Å². The molecule has 0 fully saturated rings. The molecule has 3 N–H and O–H groups in total. The Kier molecular flexibility index (Phi) is 7.65. The van der Waals surface area contributed by atoms with Crippen LogP contribution < -0.4 is 15.4 Å². The number of methoxy groups -OCH3 is 1. The summed E-state index contributed by atoms with van der Waals surface area (Å²) in [5, 5.41) is 6.19. The number of hydrogen-bond donors (Lipinski definition) is 3. The fourth-order valence-electron chi connectivity index (χ4n) is 1.76. The normalized spacial score (nSPS) is 13.0. The van der Waals surface area contributed by atoms with Crippen LogP contribution in [0.1, 0.15) is 19.4 Å². The van der Waals surface area contributed by atoms with E-state index in [2.05, 4.69) is 20.3 Å². The van der Waals surface area contributed by atoms with Gasteiger partial charge >= 0.3 is 0 Å². The molecule has 7 nitrogen and oxygen atoms in total. The first-order chi connectivity index (χ1) is 11.2. The molecule has 0 heterocycles. The van der Waals surface area contributed by atoms with Gasteiger partial charge < -0.3 is 15.4 Å². The maximum atomic E-state index is 12.2. The highest BCUT2D eigenvalue weighted by molar-refractivity contribution is 7.89. The molecule has 0 saturated heterocycles. The SMILES string of the molecule is CN=C(NCCNS(=O)(=O)c1ccc(C)cc1)NCC(C)(C)OC. The third-order valence-corrected chi connectivity index (χ3v) is 4.98. The molecule has 0 amide bonds. The number of benzene rings is 1. The van der Waals surface area contributed by atoms with Crippen molar-refractivity contribution >= 4 is 16.0 Å². The molecule has 1 rings (SSSR count). The molecule has 0 unspecified atom stereocenters. The number of guanidine groups is 1. The van der Waals surface area contributed by atoms with Gasteiger partial charge in [-0.25, -0.2) is 13.1 Å². The van der Waals surface area contributed by atoms with Gasteiger partial charge in [-0.3, -0.25) is 4.99 Å². The van der Waals surface area contributed by atoms with E-state index in [0.29, 0.717) is 19.0 Å². The summed E-state index contributed by atoms with van der Waals surface area (Å²) in [5.74, 6) is 0.592. The minimum absolute atomic E-state index is 0.255. The van der Waals surface area contributed by atoms with Crippen molar-refractivity contribution in [1.82, 2.24) is 15.4 Å². The fraction of sp³-hybridized carbons (Fsp3) is 0.562. The van der Waals surface area contributed by atoms with Crippen molar-refractivity contribution in [3.8, 4) is 0 Å². The summed E-state index contributed by atoms with van der Waals surface area (Å²) in [7, 11) is -0.183. The lowest BCUT2D eigenvalue weighted by atomic mass is 10.1. The smallest absolute Gasteiger partial charge is 0.240 e. The highest BCUT2D eigenvalue weighted by Crippen LogP contribution is 2.09. The minimum Gasteiger partial charge on any atom is -0.377 e. The Bertz CT molecular complexity index is 640. The maximum absolute atomic E-state index is 12.2. The van der Waals surface area contributed by atoms with Crippen molar-refractivity contribution in [3.63, 3.8) is 0 Å². The molecule has 1 aromatic rings. The number of aliphatic imine (C=N–C) groups is 1. The molecular formula is C16H28N4O3S. The minimum atomic E-state index is -3.49. The number of ether oxygens (including phenoxy) is 1. The molecule has 0 aliphatic carbocycles. The van der Waals surface area contributed by atoms with E-state index in [1.165, 1.54) is 0 Å². The first-order valence-corrected chi connectivity index (χ1v) is 9.24. The van der Waals surface area contributed by atoms with E-state index in [0.717, 1.165) is 5.56 Å². The first-order valence-electron chi connectivity index (χ1n) is 7.76. The number of rotatable bonds is 8. The Hall–Kier alpha value is -1.64. The monoisotopic (exact) mass is 356 g/mol. The summed E-state index contributed by atoms with van der Waals surface area (Å²) in [4.78, 5) is 4.35. The van der Waals surface area contributed by atoms with E-state index < -0.39 is 10.0 Å². The van der Waals surface area contributed by atoms with Crippen LogP contribution in [0, 0.1) is 6.92 Å². The van der Waals surface area contributed by atoms with E-state index in [-0.39, 0.29) is 17.0 Å². The zero-order valence-corrected chi connectivity index (χ0v) is 15.8. The predicted molar refractivity (Wildman–Crippen MR) is 96.8 cm³/mol. The van der Waals surface area contributed by atoms with Crippen LogP contribution in [0.2, 0.25) is 0 Å². The molecule has 0 aromatic heterocycles. The Balaban J connectivity index is 2.42. The van der Waals surface area contributed by atoms with Crippen molar-refractivity contribution in [3.05, 3.63) is 29.8 Å². The zero-order chi connectivity index (χ0) is 18.2. The fourth-order valence-corrected chi connectivity index (χ4v) is 2.79. The van der Waals surface area contributed by atoms with Gasteiger partial charge in [0.1, 0.15) is 0 Å². The number of nitrogens with zero attached hydrogens (tertiary/aromatic N) is 1.